The van der Waals surface area contributed by atoms with Gasteiger partial charge in [0.2, 0.25) is 5.91 Å². The van der Waals surface area contributed by atoms with Crippen LogP contribution in [0.2, 0.25) is 0 Å². The molecule has 1 heterocycles. The van der Waals surface area contributed by atoms with E-state index in [0.29, 0.717) is 29.8 Å². The molecule has 1 N–H and O–H groups in total. The van der Waals surface area contributed by atoms with Gasteiger partial charge in [-0.05, 0) is 48.9 Å². The van der Waals surface area contributed by atoms with Gasteiger partial charge in [-0.1, -0.05) is 49.6 Å². The Balaban J connectivity index is 1.29. The van der Waals surface area contributed by atoms with Gasteiger partial charge in [-0.25, -0.2) is 0 Å². The second kappa shape index (κ2) is 8.29. The summed E-state index contributed by atoms with van der Waals surface area (Å²) in [7, 11) is 0. The number of likely N-dealkylation sites (tertiary alicyclic amines) is 1. The molecule has 2 aromatic rings. The Morgan fingerprint density at radius 1 is 0.839 bits per heavy atom. The topological polar surface area (TPSA) is 66.5 Å². The van der Waals surface area contributed by atoms with Crippen molar-refractivity contribution in [3.05, 3.63) is 59.2 Å². The lowest BCUT2D eigenvalue weighted by Crippen LogP contribution is -2.48. The molecule has 5 nitrogen and oxygen atoms in total. The normalized spacial score (nSPS) is 20.8. The number of nitrogens with zero attached hydrogens (tertiary/aromatic N) is 1. The molecule has 5 heteroatoms. The highest BCUT2D eigenvalue weighted by Gasteiger charge is 2.32. The van der Waals surface area contributed by atoms with Gasteiger partial charge in [-0.15, -0.1) is 0 Å². The number of benzene rings is 2. The van der Waals surface area contributed by atoms with E-state index in [0.717, 1.165) is 36.8 Å². The van der Waals surface area contributed by atoms with Crippen molar-refractivity contribution in [3.8, 4) is 11.1 Å². The largest absolute Gasteiger partial charge is 0.353 e. The maximum atomic E-state index is 13.2. The predicted octanol–water partition coefficient (Wildman–Crippen LogP) is 4.20. The number of piperidine rings is 1. The van der Waals surface area contributed by atoms with Crippen LogP contribution in [0.15, 0.2) is 42.5 Å². The van der Waals surface area contributed by atoms with Crippen molar-refractivity contribution in [1.29, 1.82) is 0 Å². The predicted molar refractivity (Wildman–Crippen MR) is 119 cm³/mol. The summed E-state index contributed by atoms with van der Waals surface area (Å²) in [6.07, 6.45) is 7.39. The third-order valence-electron chi connectivity index (χ3n) is 7.00. The molecule has 2 fully saturated rings. The number of rotatable bonds is 3. The molecular formula is C26H28N2O3. The van der Waals surface area contributed by atoms with Crippen LogP contribution in [0.1, 0.15) is 71.2 Å². The van der Waals surface area contributed by atoms with Gasteiger partial charge in [0.25, 0.3) is 5.91 Å². The van der Waals surface area contributed by atoms with Crippen molar-refractivity contribution in [2.45, 2.75) is 51.0 Å². The number of nitrogens with one attached hydrogen (secondary N) is 1. The monoisotopic (exact) mass is 416 g/mol. The highest BCUT2D eigenvalue weighted by molar-refractivity contribution is 6.22. The van der Waals surface area contributed by atoms with Gasteiger partial charge in [0, 0.05) is 35.8 Å². The van der Waals surface area contributed by atoms with Crippen LogP contribution in [0, 0.1) is 5.92 Å². The Bertz CT molecular complexity index is 1040. The summed E-state index contributed by atoms with van der Waals surface area (Å²) >= 11 is 0. The lowest BCUT2D eigenvalue weighted by Gasteiger charge is -2.33. The minimum Gasteiger partial charge on any atom is -0.353 e. The van der Waals surface area contributed by atoms with Gasteiger partial charge in [0.1, 0.15) is 0 Å². The molecule has 0 radical (unpaired) electrons. The van der Waals surface area contributed by atoms with Crippen LogP contribution in [0.3, 0.4) is 0 Å². The zero-order valence-electron chi connectivity index (χ0n) is 17.7. The van der Waals surface area contributed by atoms with Crippen LogP contribution in [0.5, 0.6) is 0 Å². The Morgan fingerprint density at radius 2 is 1.58 bits per heavy atom. The lowest BCUT2D eigenvalue weighted by molar-refractivity contribution is -0.127. The maximum Gasteiger partial charge on any atom is 0.253 e. The molecule has 0 aromatic heterocycles. The van der Waals surface area contributed by atoms with Crippen molar-refractivity contribution in [2.24, 2.45) is 5.92 Å². The van der Waals surface area contributed by atoms with E-state index in [9.17, 15) is 14.4 Å². The van der Waals surface area contributed by atoms with E-state index < -0.39 is 0 Å². The third-order valence-corrected chi connectivity index (χ3v) is 7.00. The van der Waals surface area contributed by atoms with Crippen molar-refractivity contribution in [1.82, 2.24) is 10.2 Å². The second-order valence-electron chi connectivity index (χ2n) is 9.07. The van der Waals surface area contributed by atoms with Crippen LogP contribution in [-0.2, 0) is 4.79 Å². The zero-order valence-corrected chi connectivity index (χ0v) is 17.7. The average Bonchev–Trinajstić information content (AvgIpc) is 3.11. The fourth-order valence-electron chi connectivity index (χ4n) is 5.29. The summed E-state index contributed by atoms with van der Waals surface area (Å²) in [5.74, 6) is -0.186. The second-order valence-corrected chi connectivity index (χ2v) is 9.07. The van der Waals surface area contributed by atoms with Crippen molar-refractivity contribution in [2.75, 3.05) is 13.1 Å². The number of fused-ring (bicyclic) bond motifs is 3. The Hall–Kier alpha value is -2.95. The highest BCUT2D eigenvalue weighted by Crippen LogP contribution is 2.37. The van der Waals surface area contributed by atoms with Gasteiger partial charge in [-0.3, -0.25) is 14.4 Å². The number of ketones is 1. The minimum absolute atomic E-state index is 0.0244. The quantitative estimate of drug-likeness (QED) is 0.696. The molecule has 160 valence electrons. The van der Waals surface area contributed by atoms with Crippen LogP contribution in [0.4, 0.5) is 0 Å². The Kier molecular flexibility index (Phi) is 5.34. The smallest absolute Gasteiger partial charge is 0.253 e. The molecule has 1 saturated heterocycles. The van der Waals surface area contributed by atoms with E-state index in [-0.39, 0.29) is 29.6 Å². The molecule has 1 atom stereocenters. The van der Waals surface area contributed by atoms with Crippen molar-refractivity contribution < 1.29 is 14.4 Å². The van der Waals surface area contributed by atoms with Crippen molar-refractivity contribution >= 4 is 17.6 Å². The Morgan fingerprint density at radius 3 is 2.39 bits per heavy atom. The van der Waals surface area contributed by atoms with Crippen LogP contribution < -0.4 is 5.32 Å². The summed E-state index contributed by atoms with van der Waals surface area (Å²) in [5.41, 5.74) is 3.63. The standard InChI is InChI=1S/C26H28N2O3/c29-24-22-11-5-4-10-20(22)21-13-12-17(15-23(21)24)26(31)28-14-6-7-18(16-28)25(30)27-19-8-2-1-3-9-19/h4-5,10-13,15,18-19H,1-3,6-9,14,16H2,(H,27,30). The van der Waals surface area contributed by atoms with Crippen molar-refractivity contribution in [3.63, 3.8) is 0 Å². The number of hydrogen-bond acceptors (Lipinski definition) is 3. The SMILES string of the molecule is O=C1c2ccccc2-c2ccc(C(=O)N3CCCC(C(=O)NC4CCCCC4)C3)cc21. The summed E-state index contributed by atoms with van der Waals surface area (Å²) in [6, 6.07) is 13.3. The first-order valence-corrected chi connectivity index (χ1v) is 11.5. The molecular weight excluding hydrogens is 388 g/mol. The van der Waals surface area contributed by atoms with E-state index in [1.54, 1.807) is 11.0 Å². The van der Waals surface area contributed by atoms with E-state index >= 15 is 0 Å². The summed E-state index contributed by atoms with van der Waals surface area (Å²) in [6.45, 7) is 1.10. The molecule has 1 saturated carbocycles. The molecule has 2 aliphatic carbocycles. The maximum absolute atomic E-state index is 13.2. The highest BCUT2D eigenvalue weighted by atomic mass is 16.2. The molecule has 0 spiro atoms. The first kappa shape index (κ1) is 20.0. The lowest BCUT2D eigenvalue weighted by atomic mass is 9.92. The van der Waals surface area contributed by atoms with Gasteiger partial charge in [0.15, 0.2) is 5.78 Å². The summed E-state index contributed by atoms with van der Waals surface area (Å²) < 4.78 is 0. The summed E-state index contributed by atoms with van der Waals surface area (Å²) in [4.78, 5) is 40.6. The van der Waals surface area contributed by atoms with Crippen LogP contribution >= 0.6 is 0 Å². The van der Waals surface area contributed by atoms with Gasteiger partial charge in [-0.2, -0.15) is 0 Å². The van der Waals surface area contributed by atoms with E-state index in [4.69, 9.17) is 0 Å². The van der Waals surface area contributed by atoms with Crippen LogP contribution in [0.25, 0.3) is 11.1 Å². The fraction of sp³-hybridized carbons (Fsp3) is 0.423. The van der Waals surface area contributed by atoms with Gasteiger partial charge >= 0.3 is 0 Å². The zero-order chi connectivity index (χ0) is 21.4. The third kappa shape index (κ3) is 3.78. The molecule has 3 aliphatic rings. The molecule has 2 aromatic carbocycles. The fourth-order valence-corrected chi connectivity index (χ4v) is 5.29. The number of carbonyl (C=O) groups excluding carboxylic acids is 3. The number of hydrogen-bond donors (Lipinski definition) is 1. The molecule has 31 heavy (non-hydrogen) atoms. The first-order chi connectivity index (χ1) is 15.1. The molecule has 5 rings (SSSR count). The van der Waals surface area contributed by atoms with E-state index in [2.05, 4.69) is 5.32 Å². The molecule has 0 bridgehead atoms. The van der Waals surface area contributed by atoms with E-state index in [1.165, 1.54) is 19.3 Å². The number of carbonyl (C=O) groups is 3. The molecule has 1 aliphatic heterocycles. The van der Waals surface area contributed by atoms with Gasteiger partial charge in [0.05, 0.1) is 5.92 Å². The van der Waals surface area contributed by atoms with E-state index in [1.807, 2.05) is 36.4 Å². The van der Waals surface area contributed by atoms with Gasteiger partial charge < -0.3 is 10.2 Å². The average molecular weight is 417 g/mol. The molecule has 1 unspecified atom stereocenters. The minimum atomic E-state index is -0.153. The first-order valence-electron chi connectivity index (χ1n) is 11.5. The number of amides is 2. The Labute approximate surface area is 182 Å². The van der Waals surface area contributed by atoms with Crippen LogP contribution in [-0.4, -0.2) is 41.6 Å². The summed E-state index contributed by atoms with van der Waals surface area (Å²) in [5, 5.41) is 3.22. The molecule has 2 amide bonds.